The third kappa shape index (κ3) is 4.26. The molecule has 0 fully saturated rings. The Morgan fingerprint density at radius 1 is 1.29 bits per heavy atom. The van der Waals surface area contributed by atoms with Crippen LogP contribution in [-0.4, -0.2) is 23.8 Å². The summed E-state index contributed by atoms with van der Waals surface area (Å²) in [6.07, 6.45) is 1.41. The van der Waals surface area contributed by atoms with Crippen LogP contribution in [0.5, 0.6) is 0 Å². The predicted molar refractivity (Wildman–Crippen MR) is 131 cm³/mol. The van der Waals surface area contributed by atoms with E-state index in [1.165, 1.54) is 31.6 Å². The Hall–Kier alpha value is -4.07. The molecule has 0 aliphatic carbocycles. The van der Waals surface area contributed by atoms with E-state index < -0.39 is 11.6 Å². The number of nitrogens with one attached hydrogen (secondary N) is 1. The number of methoxy groups -OCH3 is 1. The molecule has 0 bridgehead atoms. The Bertz CT molecular complexity index is 1570. The van der Waals surface area contributed by atoms with Gasteiger partial charge in [-0.25, -0.2) is 14.6 Å². The summed E-state index contributed by atoms with van der Waals surface area (Å²) in [5, 5.41) is 15.8. The van der Waals surface area contributed by atoms with Gasteiger partial charge in [-0.2, -0.15) is 5.26 Å². The standard InChI is InChI=1S/C24H17N3O5S2/c1-12-19(24(30)31-3)22(34-20(12)13(2)28)26-10-15(9-25)21-27-17(11-33-21)16-8-14-6-4-5-7-18(14)32-23(16)29/h4-8,10-11,26H,1-3H3. The second-order valence-electron chi connectivity index (χ2n) is 7.15. The van der Waals surface area contributed by atoms with Gasteiger partial charge in [0.1, 0.15) is 27.2 Å². The number of anilines is 1. The molecular formula is C24H17N3O5S2. The summed E-state index contributed by atoms with van der Waals surface area (Å²) in [7, 11) is 1.26. The van der Waals surface area contributed by atoms with Gasteiger partial charge in [-0.15, -0.1) is 22.7 Å². The minimum Gasteiger partial charge on any atom is -0.465 e. The molecule has 3 aromatic heterocycles. The molecule has 1 N–H and O–H groups in total. The number of carbonyl (C=O) groups excluding carboxylic acids is 2. The lowest BCUT2D eigenvalue weighted by Gasteiger charge is -2.03. The van der Waals surface area contributed by atoms with Crippen LogP contribution in [-0.2, 0) is 4.74 Å². The highest BCUT2D eigenvalue weighted by Crippen LogP contribution is 2.34. The van der Waals surface area contributed by atoms with Crippen molar-refractivity contribution in [2.45, 2.75) is 13.8 Å². The lowest BCUT2D eigenvalue weighted by molar-refractivity contribution is 0.0601. The van der Waals surface area contributed by atoms with E-state index in [-0.39, 0.29) is 16.9 Å². The topological polar surface area (TPSA) is 122 Å². The molecule has 4 rings (SSSR count). The zero-order chi connectivity index (χ0) is 24.4. The van der Waals surface area contributed by atoms with Crippen molar-refractivity contribution in [1.82, 2.24) is 4.98 Å². The van der Waals surface area contributed by atoms with Gasteiger partial charge in [0.15, 0.2) is 5.78 Å². The number of nitrogens with zero attached hydrogens (tertiary/aromatic N) is 2. The molecule has 0 atom stereocenters. The number of esters is 1. The third-order valence-corrected chi connectivity index (χ3v) is 7.18. The maximum atomic E-state index is 12.4. The first kappa shape index (κ1) is 23.1. The molecule has 3 heterocycles. The molecule has 0 saturated heterocycles. The highest BCUT2D eigenvalue weighted by molar-refractivity contribution is 7.18. The third-order valence-electron chi connectivity index (χ3n) is 4.98. The number of ketones is 1. The number of thiazole rings is 1. The summed E-state index contributed by atoms with van der Waals surface area (Å²) in [5.74, 6) is -0.765. The van der Waals surface area contributed by atoms with E-state index in [0.29, 0.717) is 37.3 Å². The first-order valence-corrected chi connectivity index (χ1v) is 11.6. The molecule has 0 saturated carbocycles. The van der Waals surface area contributed by atoms with Gasteiger partial charge in [-0.05, 0) is 31.5 Å². The monoisotopic (exact) mass is 491 g/mol. The van der Waals surface area contributed by atoms with Crippen LogP contribution in [0.15, 0.2) is 51.1 Å². The average Bonchev–Trinajstić information content (AvgIpc) is 3.43. The van der Waals surface area contributed by atoms with Gasteiger partial charge in [0.05, 0.1) is 28.8 Å². The molecule has 34 heavy (non-hydrogen) atoms. The molecular weight excluding hydrogens is 474 g/mol. The number of ether oxygens (including phenoxy) is 1. The molecule has 0 aliphatic heterocycles. The fourth-order valence-electron chi connectivity index (χ4n) is 3.34. The lowest BCUT2D eigenvalue weighted by atomic mass is 10.1. The number of para-hydroxylation sites is 1. The van der Waals surface area contributed by atoms with Crippen molar-refractivity contribution in [3.05, 3.63) is 73.3 Å². The van der Waals surface area contributed by atoms with Crippen molar-refractivity contribution < 1.29 is 18.7 Å². The van der Waals surface area contributed by atoms with Crippen LogP contribution in [0.4, 0.5) is 5.00 Å². The van der Waals surface area contributed by atoms with Crippen molar-refractivity contribution in [3.8, 4) is 17.3 Å². The minimum atomic E-state index is -0.588. The SMILES string of the molecule is COC(=O)c1c(NC=C(C#N)c2nc(-c3cc4ccccc4oc3=O)cs2)sc(C(C)=O)c1C. The number of benzene rings is 1. The number of allylic oxidation sites excluding steroid dienone is 1. The number of hydrogen-bond donors (Lipinski definition) is 1. The number of aromatic nitrogens is 1. The van der Waals surface area contributed by atoms with Gasteiger partial charge in [0.25, 0.3) is 0 Å². The number of nitriles is 1. The maximum absolute atomic E-state index is 12.4. The van der Waals surface area contributed by atoms with Gasteiger partial charge in [-0.3, -0.25) is 4.79 Å². The highest BCUT2D eigenvalue weighted by Gasteiger charge is 2.23. The zero-order valence-electron chi connectivity index (χ0n) is 18.3. The van der Waals surface area contributed by atoms with Gasteiger partial charge in [0, 0.05) is 17.0 Å². The molecule has 0 unspecified atom stereocenters. The fraction of sp³-hybridized carbons (Fsp3) is 0.125. The number of rotatable bonds is 6. The molecule has 1 aromatic carbocycles. The minimum absolute atomic E-state index is 0.177. The Morgan fingerprint density at radius 3 is 2.76 bits per heavy atom. The molecule has 0 radical (unpaired) electrons. The van der Waals surface area contributed by atoms with Crippen molar-refractivity contribution in [3.63, 3.8) is 0 Å². The van der Waals surface area contributed by atoms with Crippen molar-refractivity contribution in [2.75, 3.05) is 12.4 Å². The van der Waals surface area contributed by atoms with Gasteiger partial charge in [-0.1, -0.05) is 18.2 Å². The Morgan fingerprint density at radius 2 is 2.06 bits per heavy atom. The van der Waals surface area contributed by atoms with Gasteiger partial charge in [0.2, 0.25) is 0 Å². The van der Waals surface area contributed by atoms with Crippen LogP contribution in [0, 0.1) is 18.3 Å². The lowest BCUT2D eigenvalue weighted by Crippen LogP contribution is -2.05. The Balaban J connectivity index is 1.69. The first-order valence-electron chi connectivity index (χ1n) is 9.92. The molecule has 10 heteroatoms. The number of carbonyl (C=O) groups is 2. The summed E-state index contributed by atoms with van der Waals surface area (Å²) in [6.45, 7) is 3.09. The Labute approximate surface area is 201 Å². The number of hydrogen-bond acceptors (Lipinski definition) is 10. The van der Waals surface area contributed by atoms with Crippen LogP contribution in [0.2, 0.25) is 0 Å². The summed E-state index contributed by atoms with van der Waals surface area (Å²) in [5.41, 5.74) is 1.57. The maximum Gasteiger partial charge on any atom is 0.345 e. The van der Waals surface area contributed by atoms with E-state index in [9.17, 15) is 19.6 Å². The fourth-order valence-corrected chi connectivity index (χ4v) is 5.18. The second kappa shape index (κ2) is 9.43. The van der Waals surface area contributed by atoms with Crippen LogP contribution >= 0.6 is 22.7 Å². The van der Waals surface area contributed by atoms with Crippen LogP contribution in [0.25, 0.3) is 27.8 Å². The number of Topliss-reactive ketones (excluding diaryl/α,β-unsaturated/α-hetero) is 1. The molecule has 170 valence electrons. The number of thiophene rings is 1. The van der Waals surface area contributed by atoms with Crippen LogP contribution < -0.4 is 10.9 Å². The van der Waals surface area contributed by atoms with E-state index in [1.807, 2.05) is 12.1 Å². The summed E-state index contributed by atoms with van der Waals surface area (Å²) in [4.78, 5) is 41.5. The van der Waals surface area contributed by atoms with Crippen LogP contribution in [0.1, 0.15) is 37.5 Å². The van der Waals surface area contributed by atoms with E-state index in [0.717, 1.165) is 16.7 Å². The molecule has 0 aliphatic rings. The van der Waals surface area contributed by atoms with Gasteiger partial charge >= 0.3 is 11.6 Å². The summed E-state index contributed by atoms with van der Waals surface area (Å²) in [6, 6.07) is 10.9. The largest absolute Gasteiger partial charge is 0.465 e. The van der Waals surface area contributed by atoms with Crippen molar-refractivity contribution in [2.24, 2.45) is 0 Å². The Kier molecular flexibility index (Phi) is 6.40. The summed E-state index contributed by atoms with van der Waals surface area (Å²) >= 11 is 2.29. The van der Waals surface area contributed by atoms with Crippen molar-refractivity contribution in [1.29, 1.82) is 5.26 Å². The molecule has 4 aromatic rings. The highest BCUT2D eigenvalue weighted by atomic mass is 32.1. The second-order valence-corrected chi connectivity index (χ2v) is 9.02. The quantitative estimate of drug-likeness (QED) is 0.168. The van der Waals surface area contributed by atoms with Gasteiger partial charge < -0.3 is 14.5 Å². The average molecular weight is 492 g/mol. The summed E-state index contributed by atoms with van der Waals surface area (Å²) < 4.78 is 10.2. The smallest absolute Gasteiger partial charge is 0.345 e. The van der Waals surface area contributed by atoms with E-state index in [4.69, 9.17) is 9.15 Å². The van der Waals surface area contributed by atoms with E-state index in [2.05, 4.69) is 16.4 Å². The predicted octanol–water partition coefficient (Wildman–Crippen LogP) is 5.25. The molecule has 8 nitrogen and oxygen atoms in total. The number of fused-ring (bicyclic) bond motifs is 1. The van der Waals surface area contributed by atoms with Crippen molar-refractivity contribution >= 4 is 56.0 Å². The van der Waals surface area contributed by atoms with E-state index >= 15 is 0 Å². The molecule has 0 spiro atoms. The normalized spacial score (nSPS) is 11.3. The van der Waals surface area contributed by atoms with Crippen LogP contribution in [0.3, 0.4) is 0 Å². The first-order chi connectivity index (χ1) is 16.3. The van der Waals surface area contributed by atoms with E-state index in [1.54, 1.807) is 30.5 Å². The zero-order valence-corrected chi connectivity index (χ0v) is 19.9. The molecule has 0 amide bonds.